The Kier molecular flexibility index (Phi) is 3.72. The Morgan fingerprint density at radius 2 is 1.68 bits per heavy atom. The summed E-state index contributed by atoms with van der Waals surface area (Å²) in [6, 6.07) is 18.9. The molecule has 0 fully saturated rings. The SMILES string of the molecule is Cc1ccc2c(oc3ncccc32)c1-c1ccc(-c2ccc(F)cc2)c[n+]1C. The molecule has 2 aromatic carbocycles. The van der Waals surface area contributed by atoms with Crippen LogP contribution in [0.4, 0.5) is 4.39 Å². The first-order valence-corrected chi connectivity index (χ1v) is 9.14. The van der Waals surface area contributed by atoms with Crippen molar-refractivity contribution in [3.05, 3.63) is 84.4 Å². The molecule has 0 unspecified atom stereocenters. The predicted octanol–water partition coefficient (Wildman–Crippen LogP) is 5.59. The predicted molar refractivity (Wildman–Crippen MR) is 108 cm³/mol. The molecule has 0 atom stereocenters. The van der Waals surface area contributed by atoms with Gasteiger partial charge >= 0.3 is 0 Å². The van der Waals surface area contributed by atoms with E-state index >= 15 is 0 Å². The molecule has 0 aliphatic heterocycles. The molecule has 4 heteroatoms. The van der Waals surface area contributed by atoms with E-state index in [-0.39, 0.29) is 5.82 Å². The molecule has 136 valence electrons. The molecule has 3 nitrogen and oxygen atoms in total. The number of rotatable bonds is 2. The van der Waals surface area contributed by atoms with E-state index in [0.717, 1.165) is 44.3 Å². The lowest BCUT2D eigenvalue weighted by Gasteiger charge is -2.07. The Balaban J connectivity index is 1.71. The number of fused-ring (bicyclic) bond motifs is 3. The van der Waals surface area contributed by atoms with Crippen LogP contribution in [0.5, 0.6) is 0 Å². The lowest BCUT2D eigenvalue weighted by molar-refractivity contribution is -0.659. The van der Waals surface area contributed by atoms with E-state index in [2.05, 4.69) is 46.9 Å². The van der Waals surface area contributed by atoms with Crippen LogP contribution in [0, 0.1) is 12.7 Å². The summed E-state index contributed by atoms with van der Waals surface area (Å²) in [4.78, 5) is 4.36. The van der Waals surface area contributed by atoms with Crippen LogP contribution in [0.1, 0.15) is 5.56 Å². The molecule has 0 radical (unpaired) electrons. The molecule has 0 aliphatic rings. The second-order valence-corrected chi connectivity index (χ2v) is 7.01. The third-order valence-corrected chi connectivity index (χ3v) is 5.19. The third kappa shape index (κ3) is 2.57. The number of aromatic nitrogens is 2. The molecule has 5 rings (SSSR count). The van der Waals surface area contributed by atoms with E-state index in [1.807, 2.05) is 19.2 Å². The van der Waals surface area contributed by atoms with Gasteiger partial charge in [0, 0.05) is 28.6 Å². The maximum atomic E-state index is 13.2. The third-order valence-electron chi connectivity index (χ3n) is 5.19. The fourth-order valence-corrected chi connectivity index (χ4v) is 3.77. The summed E-state index contributed by atoms with van der Waals surface area (Å²) >= 11 is 0. The van der Waals surface area contributed by atoms with Gasteiger partial charge in [-0.1, -0.05) is 24.3 Å². The zero-order valence-electron chi connectivity index (χ0n) is 15.6. The summed E-state index contributed by atoms with van der Waals surface area (Å²) in [6.07, 6.45) is 3.80. The summed E-state index contributed by atoms with van der Waals surface area (Å²) in [6.45, 7) is 2.09. The highest BCUT2D eigenvalue weighted by atomic mass is 19.1. The van der Waals surface area contributed by atoms with E-state index in [9.17, 15) is 4.39 Å². The van der Waals surface area contributed by atoms with Gasteiger partial charge in [-0.15, -0.1) is 0 Å². The molecular formula is C24H18FN2O+. The number of furan rings is 1. The van der Waals surface area contributed by atoms with Crippen LogP contribution < -0.4 is 4.57 Å². The van der Waals surface area contributed by atoms with Gasteiger partial charge < -0.3 is 4.42 Å². The van der Waals surface area contributed by atoms with Crippen LogP contribution in [0.3, 0.4) is 0 Å². The lowest BCUT2D eigenvalue weighted by atomic mass is 9.99. The fourth-order valence-electron chi connectivity index (χ4n) is 3.77. The molecule has 0 spiro atoms. The van der Waals surface area contributed by atoms with Crippen LogP contribution >= 0.6 is 0 Å². The van der Waals surface area contributed by atoms with Gasteiger partial charge in [0.1, 0.15) is 12.9 Å². The first kappa shape index (κ1) is 16.6. The second kappa shape index (κ2) is 6.27. The molecule has 0 saturated heterocycles. The van der Waals surface area contributed by atoms with E-state index in [1.54, 1.807) is 18.3 Å². The summed E-state index contributed by atoms with van der Waals surface area (Å²) in [5.74, 6) is -0.231. The number of pyridine rings is 2. The maximum absolute atomic E-state index is 13.2. The van der Waals surface area contributed by atoms with E-state index < -0.39 is 0 Å². The average molecular weight is 369 g/mol. The van der Waals surface area contributed by atoms with Gasteiger partial charge in [0.2, 0.25) is 11.4 Å². The number of hydrogen-bond donors (Lipinski definition) is 0. The van der Waals surface area contributed by atoms with E-state index in [1.165, 1.54) is 12.1 Å². The molecule has 0 aliphatic carbocycles. The van der Waals surface area contributed by atoms with Gasteiger partial charge in [-0.05, 0) is 48.4 Å². The van der Waals surface area contributed by atoms with Crippen molar-refractivity contribution in [2.75, 3.05) is 0 Å². The summed E-state index contributed by atoms with van der Waals surface area (Å²) in [5.41, 5.74) is 6.75. The number of halogens is 1. The van der Waals surface area contributed by atoms with Crippen molar-refractivity contribution in [2.24, 2.45) is 7.05 Å². The molecule has 0 amide bonds. The Bertz CT molecular complexity index is 1340. The molecule has 3 heterocycles. The first-order valence-electron chi connectivity index (χ1n) is 9.14. The minimum absolute atomic E-state index is 0.231. The summed E-state index contributed by atoms with van der Waals surface area (Å²) in [7, 11) is 2.02. The monoisotopic (exact) mass is 369 g/mol. The van der Waals surface area contributed by atoms with Gasteiger partial charge in [0.15, 0.2) is 11.8 Å². The number of nitrogens with zero attached hydrogens (tertiary/aromatic N) is 2. The summed E-state index contributed by atoms with van der Waals surface area (Å²) in [5, 5.41) is 2.08. The van der Waals surface area contributed by atoms with Gasteiger partial charge in [-0.25, -0.2) is 13.9 Å². The topological polar surface area (TPSA) is 29.9 Å². The Morgan fingerprint density at radius 1 is 0.893 bits per heavy atom. The van der Waals surface area contributed by atoms with Gasteiger partial charge in [0.05, 0.1) is 5.56 Å². The fraction of sp³-hybridized carbons (Fsp3) is 0.0833. The van der Waals surface area contributed by atoms with E-state index in [0.29, 0.717) is 5.71 Å². The van der Waals surface area contributed by atoms with Crippen LogP contribution in [-0.4, -0.2) is 4.98 Å². The summed E-state index contributed by atoms with van der Waals surface area (Å²) < 4.78 is 21.4. The van der Waals surface area contributed by atoms with Crippen molar-refractivity contribution in [1.82, 2.24) is 4.98 Å². The zero-order valence-corrected chi connectivity index (χ0v) is 15.6. The lowest BCUT2D eigenvalue weighted by Crippen LogP contribution is -2.31. The van der Waals surface area contributed by atoms with Crippen molar-refractivity contribution >= 4 is 22.1 Å². The molecule has 0 bridgehead atoms. The van der Waals surface area contributed by atoms with Gasteiger partial charge in [-0.3, -0.25) is 0 Å². The van der Waals surface area contributed by atoms with Crippen molar-refractivity contribution in [1.29, 1.82) is 0 Å². The molecule has 28 heavy (non-hydrogen) atoms. The second-order valence-electron chi connectivity index (χ2n) is 7.01. The highest BCUT2D eigenvalue weighted by Gasteiger charge is 2.21. The minimum atomic E-state index is -0.231. The molecule has 3 aromatic heterocycles. The van der Waals surface area contributed by atoms with Gasteiger partial charge in [-0.2, -0.15) is 0 Å². The Hall–Kier alpha value is -3.53. The number of aryl methyl sites for hydroxylation is 2. The standard InChI is InChI=1S/C24H18FN2O/c1-15-5-11-19-20-4-3-13-26-24(20)28-23(19)22(15)21-12-8-17(14-27(21)2)16-6-9-18(25)10-7-16/h3-14H,1-2H3/q+1. The van der Waals surface area contributed by atoms with E-state index in [4.69, 9.17) is 4.42 Å². The van der Waals surface area contributed by atoms with Crippen molar-refractivity contribution < 1.29 is 13.4 Å². The highest BCUT2D eigenvalue weighted by molar-refractivity contribution is 6.08. The number of benzene rings is 2. The Morgan fingerprint density at radius 3 is 2.46 bits per heavy atom. The molecule has 0 N–H and O–H groups in total. The smallest absolute Gasteiger partial charge is 0.227 e. The molecule has 0 saturated carbocycles. The van der Waals surface area contributed by atoms with Crippen molar-refractivity contribution in [2.45, 2.75) is 6.92 Å². The Labute approximate surface area is 161 Å². The van der Waals surface area contributed by atoms with Crippen molar-refractivity contribution in [3.63, 3.8) is 0 Å². The number of hydrogen-bond acceptors (Lipinski definition) is 2. The maximum Gasteiger partial charge on any atom is 0.227 e. The molecular weight excluding hydrogens is 351 g/mol. The quantitative estimate of drug-likeness (QED) is 0.380. The van der Waals surface area contributed by atoms with Crippen LogP contribution in [0.15, 0.2) is 77.5 Å². The van der Waals surface area contributed by atoms with Crippen LogP contribution in [0.2, 0.25) is 0 Å². The minimum Gasteiger partial charge on any atom is -0.437 e. The highest BCUT2D eigenvalue weighted by Crippen LogP contribution is 2.36. The normalized spacial score (nSPS) is 11.4. The molecule has 5 aromatic rings. The largest absolute Gasteiger partial charge is 0.437 e. The van der Waals surface area contributed by atoms with Gasteiger partial charge in [0.25, 0.3) is 0 Å². The van der Waals surface area contributed by atoms with Crippen LogP contribution in [-0.2, 0) is 7.05 Å². The van der Waals surface area contributed by atoms with Crippen molar-refractivity contribution in [3.8, 4) is 22.4 Å². The van der Waals surface area contributed by atoms with Crippen LogP contribution in [0.25, 0.3) is 44.5 Å². The first-order chi connectivity index (χ1) is 13.6. The zero-order chi connectivity index (χ0) is 19.3. The average Bonchev–Trinajstić information content (AvgIpc) is 3.07.